The molecule has 1 amide bonds. The van der Waals surface area contributed by atoms with Crippen LogP contribution in [0.1, 0.15) is 34.1 Å². The summed E-state index contributed by atoms with van der Waals surface area (Å²) in [4.78, 5) is 10.8. The van der Waals surface area contributed by atoms with E-state index in [4.69, 9.17) is 13.3 Å². The largest absolute Gasteiger partial charge is 0.500 e. The molecule has 0 aromatic heterocycles. The Balaban J connectivity index is 4.18. The van der Waals surface area contributed by atoms with E-state index in [1.807, 2.05) is 20.8 Å². The molecule has 0 heterocycles. The maximum Gasteiger partial charge on any atom is 0.500 e. The molecule has 0 unspecified atom stereocenters. The van der Waals surface area contributed by atoms with Gasteiger partial charge in [0.05, 0.1) is 0 Å². The minimum absolute atomic E-state index is 0.0125. The summed E-state index contributed by atoms with van der Waals surface area (Å²) >= 11 is 0. The molecule has 0 saturated carbocycles. The molecule has 0 fully saturated rings. The van der Waals surface area contributed by atoms with E-state index in [2.05, 4.69) is 5.32 Å². The molecule has 0 atom stereocenters. The zero-order chi connectivity index (χ0) is 13.1. The first-order chi connectivity index (χ1) is 8.10. The SMILES string of the molecule is CCO[Si](CCCNC(C)=O)(OCC)OCC. The lowest BCUT2D eigenvalue weighted by atomic mass is 10.5. The maximum absolute atomic E-state index is 10.8. The first-order valence-corrected chi connectivity index (χ1v) is 8.19. The Bertz CT molecular complexity index is 197. The predicted molar refractivity (Wildman–Crippen MR) is 68.7 cm³/mol. The summed E-state index contributed by atoms with van der Waals surface area (Å²) < 4.78 is 17.1. The molecule has 1 N–H and O–H groups in total. The molecule has 0 aromatic carbocycles. The van der Waals surface area contributed by atoms with Crippen molar-refractivity contribution in [2.75, 3.05) is 26.4 Å². The Morgan fingerprint density at radius 3 is 1.88 bits per heavy atom. The fraction of sp³-hybridized carbons (Fsp3) is 0.909. The van der Waals surface area contributed by atoms with Crippen molar-refractivity contribution in [3.8, 4) is 0 Å². The lowest BCUT2D eigenvalue weighted by Crippen LogP contribution is -2.46. The molecule has 17 heavy (non-hydrogen) atoms. The molecule has 0 radical (unpaired) electrons. The number of nitrogens with one attached hydrogen (secondary N) is 1. The molecule has 0 saturated heterocycles. The fourth-order valence-electron chi connectivity index (χ4n) is 1.57. The van der Waals surface area contributed by atoms with Gasteiger partial charge in [-0.05, 0) is 27.2 Å². The van der Waals surface area contributed by atoms with Gasteiger partial charge in [0.1, 0.15) is 0 Å². The molecular formula is C11H25NO4Si. The molecule has 0 aliphatic rings. The van der Waals surface area contributed by atoms with E-state index in [1.54, 1.807) is 0 Å². The van der Waals surface area contributed by atoms with E-state index in [1.165, 1.54) is 6.92 Å². The Kier molecular flexibility index (Phi) is 9.34. The van der Waals surface area contributed by atoms with Crippen LogP contribution >= 0.6 is 0 Å². The van der Waals surface area contributed by atoms with Crippen molar-refractivity contribution in [3.63, 3.8) is 0 Å². The third-order valence-corrected chi connectivity index (χ3v) is 5.28. The van der Waals surface area contributed by atoms with Crippen LogP contribution in [0.25, 0.3) is 0 Å². The van der Waals surface area contributed by atoms with Gasteiger partial charge in [-0.15, -0.1) is 0 Å². The standard InChI is InChI=1S/C11H25NO4Si/c1-5-14-17(15-6-2,16-7-3)10-8-9-12-11(4)13/h5-10H2,1-4H3,(H,12,13). The van der Waals surface area contributed by atoms with Crippen molar-refractivity contribution in [3.05, 3.63) is 0 Å². The monoisotopic (exact) mass is 263 g/mol. The summed E-state index contributed by atoms with van der Waals surface area (Å²) in [7, 11) is -2.52. The second-order valence-electron chi connectivity index (χ2n) is 3.57. The van der Waals surface area contributed by atoms with Crippen molar-refractivity contribution in [1.29, 1.82) is 0 Å². The first-order valence-electron chi connectivity index (χ1n) is 6.26. The highest BCUT2D eigenvalue weighted by atomic mass is 28.4. The van der Waals surface area contributed by atoms with Crippen LogP contribution in [0.3, 0.4) is 0 Å². The highest BCUT2D eigenvalue weighted by Gasteiger charge is 2.39. The quantitative estimate of drug-likeness (QED) is 0.480. The third-order valence-electron chi connectivity index (χ3n) is 2.13. The molecule has 0 spiro atoms. The predicted octanol–water partition coefficient (Wildman–Crippen LogP) is 1.56. The van der Waals surface area contributed by atoms with Crippen molar-refractivity contribution in [2.45, 2.75) is 40.2 Å². The second kappa shape index (κ2) is 9.58. The van der Waals surface area contributed by atoms with Gasteiger partial charge < -0.3 is 18.6 Å². The lowest BCUT2D eigenvalue weighted by molar-refractivity contribution is -0.118. The lowest BCUT2D eigenvalue weighted by Gasteiger charge is -2.28. The first kappa shape index (κ1) is 16.6. The summed E-state index contributed by atoms with van der Waals surface area (Å²) in [5, 5.41) is 2.76. The van der Waals surface area contributed by atoms with Crippen LogP contribution in [0.4, 0.5) is 0 Å². The highest BCUT2D eigenvalue weighted by molar-refractivity contribution is 6.60. The van der Waals surface area contributed by atoms with Crippen LogP contribution in [0.5, 0.6) is 0 Å². The normalized spacial score (nSPS) is 11.5. The zero-order valence-corrected chi connectivity index (χ0v) is 12.4. The molecule has 0 bridgehead atoms. The fourth-order valence-corrected chi connectivity index (χ4v) is 4.18. The minimum atomic E-state index is -2.52. The van der Waals surface area contributed by atoms with Gasteiger partial charge in [-0.1, -0.05) is 0 Å². The van der Waals surface area contributed by atoms with Crippen molar-refractivity contribution >= 4 is 14.7 Å². The Morgan fingerprint density at radius 1 is 1.06 bits per heavy atom. The topological polar surface area (TPSA) is 56.8 Å². The van der Waals surface area contributed by atoms with Crippen molar-refractivity contribution < 1.29 is 18.1 Å². The molecule has 0 aromatic rings. The summed E-state index contributed by atoms with van der Waals surface area (Å²) in [6, 6.07) is 0.739. The van der Waals surface area contributed by atoms with Gasteiger partial charge in [0.25, 0.3) is 0 Å². The van der Waals surface area contributed by atoms with Crippen LogP contribution in [0, 0.1) is 0 Å². The second-order valence-corrected chi connectivity index (χ2v) is 6.30. The smallest absolute Gasteiger partial charge is 0.374 e. The highest BCUT2D eigenvalue weighted by Crippen LogP contribution is 2.17. The van der Waals surface area contributed by atoms with Crippen LogP contribution in [-0.4, -0.2) is 41.1 Å². The third kappa shape index (κ3) is 7.48. The molecule has 0 rings (SSSR count). The average Bonchev–Trinajstić information content (AvgIpc) is 2.25. The number of carbonyl (C=O) groups is 1. The van der Waals surface area contributed by atoms with Gasteiger partial charge in [0.15, 0.2) is 0 Å². The minimum Gasteiger partial charge on any atom is -0.374 e. The molecule has 6 heteroatoms. The van der Waals surface area contributed by atoms with E-state index < -0.39 is 8.80 Å². The van der Waals surface area contributed by atoms with E-state index in [-0.39, 0.29) is 5.91 Å². The van der Waals surface area contributed by atoms with E-state index >= 15 is 0 Å². The van der Waals surface area contributed by atoms with Crippen LogP contribution in [0.2, 0.25) is 6.04 Å². The summed E-state index contributed by atoms with van der Waals surface area (Å²) in [6.45, 7) is 9.73. The van der Waals surface area contributed by atoms with Gasteiger partial charge in [-0.25, -0.2) is 0 Å². The van der Waals surface area contributed by atoms with Crippen LogP contribution in [0.15, 0.2) is 0 Å². The van der Waals surface area contributed by atoms with E-state index in [0.717, 1.165) is 12.5 Å². The van der Waals surface area contributed by atoms with E-state index in [0.29, 0.717) is 26.4 Å². The molecule has 5 nitrogen and oxygen atoms in total. The van der Waals surface area contributed by atoms with Gasteiger partial charge in [-0.3, -0.25) is 4.79 Å². The molecule has 0 aliphatic heterocycles. The Morgan fingerprint density at radius 2 is 1.53 bits per heavy atom. The van der Waals surface area contributed by atoms with Crippen LogP contribution in [-0.2, 0) is 18.1 Å². The summed E-state index contributed by atoms with van der Waals surface area (Å²) in [5.41, 5.74) is 0. The number of hydrogen-bond donors (Lipinski definition) is 1. The van der Waals surface area contributed by atoms with Gasteiger partial charge in [-0.2, -0.15) is 0 Å². The molecule has 0 aliphatic carbocycles. The number of amides is 1. The Hall–Kier alpha value is -0.433. The van der Waals surface area contributed by atoms with Crippen LogP contribution < -0.4 is 5.32 Å². The molecule has 102 valence electrons. The Labute approximate surface area is 105 Å². The van der Waals surface area contributed by atoms with Crippen molar-refractivity contribution in [2.24, 2.45) is 0 Å². The number of carbonyl (C=O) groups excluding carboxylic acids is 1. The maximum atomic E-state index is 10.8. The number of hydrogen-bond acceptors (Lipinski definition) is 4. The zero-order valence-electron chi connectivity index (χ0n) is 11.4. The number of rotatable bonds is 10. The molecular weight excluding hydrogens is 238 g/mol. The van der Waals surface area contributed by atoms with Gasteiger partial charge in [0.2, 0.25) is 5.91 Å². The van der Waals surface area contributed by atoms with Crippen molar-refractivity contribution in [1.82, 2.24) is 5.32 Å². The summed E-state index contributed by atoms with van der Waals surface area (Å²) in [6.07, 6.45) is 0.811. The van der Waals surface area contributed by atoms with Gasteiger partial charge >= 0.3 is 8.80 Å². The summed E-state index contributed by atoms with van der Waals surface area (Å²) in [5.74, 6) is -0.0125. The average molecular weight is 263 g/mol. The van der Waals surface area contributed by atoms with E-state index in [9.17, 15) is 4.79 Å². The van der Waals surface area contributed by atoms with Gasteiger partial charge in [0, 0.05) is 39.3 Å².